The first-order valence-corrected chi connectivity index (χ1v) is 4.61. The highest BCUT2D eigenvalue weighted by Crippen LogP contribution is 2.35. The lowest BCUT2D eigenvalue weighted by molar-refractivity contribution is -0.117. The predicted molar refractivity (Wildman–Crippen MR) is 50.9 cm³/mol. The van der Waals surface area contributed by atoms with Gasteiger partial charge < -0.3 is 0 Å². The molecule has 0 amide bonds. The third-order valence-corrected chi connectivity index (χ3v) is 2.80. The van der Waals surface area contributed by atoms with Crippen molar-refractivity contribution in [2.45, 2.75) is 40.5 Å². The summed E-state index contributed by atoms with van der Waals surface area (Å²) in [4.78, 5) is 11.4. The third-order valence-electron chi connectivity index (χ3n) is 2.80. The van der Waals surface area contributed by atoms with E-state index in [4.69, 9.17) is 0 Å². The highest BCUT2D eigenvalue weighted by molar-refractivity contribution is 5.95. The molecule has 0 saturated carbocycles. The van der Waals surface area contributed by atoms with Crippen LogP contribution in [0, 0.1) is 11.3 Å². The second-order valence-corrected chi connectivity index (χ2v) is 4.81. The number of allylic oxidation sites excluding steroid dienone is 2. The molecule has 0 saturated heterocycles. The van der Waals surface area contributed by atoms with Crippen LogP contribution in [0.3, 0.4) is 0 Å². The van der Waals surface area contributed by atoms with E-state index in [2.05, 4.69) is 26.8 Å². The van der Waals surface area contributed by atoms with Gasteiger partial charge in [0.1, 0.15) is 0 Å². The first kappa shape index (κ1) is 9.50. The first-order chi connectivity index (χ1) is 5.41. The molecule has 0 bridgehead atoms. The molecule has 12 heavy (non-hydrogen) atoms. The van der Waals surface area contributed by atoms with Gasteiger partial charge in [0.15, 0.2) is 5.78 Å². The molecule has 1 aliphatic carbocycles. The largest absolute Gasteiger partial charge is 0.295 e. The third kappa shape index (κ3) is 1.96. The number of Topliss-reactive ketones (excluding diaryl/α,β-unsaturated/α-hetero) is 1. The van der Waals surface area contributed by atoms with Crippen LogP contribution < -0.4 is 0 Å². The summed E-state index contributed by atoms with van der Waals surface area (Å²) in [5.41, 5.74) is 1.22. The van der Waals surface area contributed by atoms with E-state index in [1.807, 2.05) is 6.92 Å². The summed E-state index contributed by atoms with van der Waals surface area (Å²) in [6, 6.07) is 0. The van der Waals surface area contributed by atoms with Gasteiger partial charge in [-0.2, -0.15) is 0 Å². The Labute approximate surface area is 74.9 Å². The quantitative estimate of drug-likeness (QED) is 0.540. The van der Waals surface area contributed by atoms with E-state index in [0.29, 0.717) is 11.7 Å². The van der Waals surface area contributed by atoms with Gasteiger partial charge in [-0.25, -0.2) is 0 Å². The van der Waals surface area contributed by atoms with Crippen LogP contribution in [0.2, 0.25) is 0 Å². The first-order valence-electron chi connectivity index (χ1n) is 4.61. The van der Waals surface area contributed by atoms with E-state index in [1.54, 1.807) is 0 Å². The van der Waals surface area contributed by atoms with E-state index in [9.17, 15) is 4.79 Å². The van der Waals surface area contributed by atoms with Gasteiger partial charge in [-0.3, -0.25) is 4.79 Å². The van der Waals surface area contributed by atoms with Gasteiger partial charge in [0, 0.05) is 6.42 Å². The number of carbonyl (C=O) groups excluding carboxylic acids is 1. The van der Waals surface area contributed by atoms with Crippen molar-refractivity contribution in [2.75, 3.05) is 0 Å². The zero-order chi connectivity index (χ0) is 9.35. The summed E-state index contributed by atoms with van der Waals surface area (Å²) in [6.45, 7) is 8.54. The van der Waals surface area contributed by atoms with E-state index in [-0.39, 0.29) is 5.41 Å². The smallest absolute Gasteiger partial charge is 0.158 e. The van der Waals surface area contributed by atoms with E-state index >= 15 is 0 Å². The summed E-state index contributed by atoms with van der Waals surface area (Å²) < 4.78 is 0. The maximum atomic E-state index is 11.4. The lowest BCUT2D eigenvalue weighted by Crippen LogP contribution is -2.26. The molecule has 0 aliphatic heterocycles. The molecule has 0 heterocycles. The van der Waals surface area contributed by atoms with Crippen molar-refractivity contribution in [1.29, 1.82) is 0 Å². The average molecular weight is 166 g/mol. The molecular formula is C11H18O. The van der Waals surface area contributed by atoms with E-state index in [1.165, 1.54) is 0 Å². The highest BCUT2D eigenvalue weighted by Gasteiger charge is 2.28. The van der Waals surface area contributed by atoms with Gasteiger partial charge >= 0.3 is 0 Å². The summed E-state index contributed by atoms with van der Waals surface area (Å²) in [5.74, 6) is 0.870. The molecule has 1 nitrogen and oxygen atoms in total. The second kappa shape index (κ2) is 3.04. The van der Waals surface area contributed by atoms with Crippen LogP contribution in [0.1, 0.15) is 40.5 Å². The van der Waals surface area contributed by atoms with Gasteiger partial charge in [-0.1, -0.05) is 26.8 Å². The van der Waals surface area contributed by atoms with Gasteiger partial charge in [-0.05, 0) is 30.3 Å². The van der Waals surface area contributed by atoms with Crippen molar-refractivity contribution >= 4 is 5.78 Å². The Morgan fingerprint density at radius 2 is 2.00 bits per heavy atom. The Hall–Kier alpha value is -0.590. The van der Waals surface area contributed by atoms with Crippen molar-refractivity contribution in [2.24, 2.45) is 11.3 Å². The molecule has 68 valence electrons. The summed E-state index contributed by atoms with van der Waals surface area (Å²) >= 11 is 0. The molecule has 0 spiro atoms. The normalized spacial score (nSPS) is 25.5. The lowest BCUT2D eigenvalue weighted by atomic mass is 9.73. The molecule has 0 fully saturated rings. The average Bonchev–Trinajstić information content (AvgIpc) is 1.92. The number of rotatable bonds is 0. The molecule has 0 aromatic rings. The minimum Gasteiger partial charge on any atom is -0.295 e. The van der Waals surface area contributed by atoms with Crippen molar-refractivity contribution in [3.63, 3.8) is 0 Å². The van der Waals surface area contributed by atoms with Crippen molar-refractivity contribution in [1.82, 2.24) is 0 Å². The van der Waals surface area contributed by atoms with Crippen LogP contribution in [-0.2, 0) is 4.79 Å². The molecule has 0 N–H and O–H groups in total. The van der Waals surface area contributed by atoms with Crippen LogP contribution in [0.25, 0.3) is 0 Å². The maximum Gasteiger partial charge on any atom is 0.158 e. The standard InChI is InChI=1S/C11H18O/c1-8-5-6-9(7-10(8)12)11(2,3)4/h5,9H,6-7H2,1-4H3. The predicted octanol–water partition coefficient (Wildman–Crippen LogP) is 2.96. The zero-order valence-corrected chi connectivity index (χ0v) is 8.48. The SMILES string of the molecule is CC1=CCC(C(C)(C)C)CC1=O. The number of carbonyl (C=O) groups is 1. The Kier molecular flexibility index (Phi) is 2.41. The monoisotopic (exact) mass is 166 g/mol. The Bertz CT molecular complexity index is 218. The van der Waals surface area contributed by atoms with E-state index < -0.39 is 0 Å². The van der Waals surface area contributed by atoms with Crippen molar-refractivity contribution in [3.8, 4) is 0 Å². The molecule has 1 heteroatoms. The van der Waals surface area contributed by atoms with Crippen LogP contribution in [0.5, 0.6) is 0 Å². The molecule has 0 aromatic heterocycles. The molecule has 0 aromatic carbocycles. The van der Waals surface area contributed by atoms with Gasteiger partial charge in [0.25, 0.3) is 0 Å². The molecule has 1 atom stereocenters. The fourth-order valence-corrected chi connectivity index (χ4v) is 1.56. The van der Waals surface area contributed by atoms with Gasteiger partial charge in [0.05, 0.1) is 0 Å². The maximum absolute atomic E-state index is 11.4. The number of ketones is 1. The molecule has 1 aliphatic rings. The number of hydrogen-bond acceptors (Lipinski definition) is 1. The molecule has 1 unspecified atom stereocenters. The zero-order valence-electron chi connectivity index (χ0n) is 8.48. The van der Waals surface area contributed by atoms with E-state index in [0.717, 1.165) is 18.4 Å². The van der Waals surface area contributed by atoms with Gasteiger partial charge in [-0.15, -0.1) is 0 Å². The van der Waals surface area contributed by atoms with Crippen molar-refractivity contribution < 1.29 is 4.79 Å². The fourth-order valence-electron chi connectivity index (χ4n) is 1.56. The summed E-state index contributed by atoms with van der Waals surface area (Å²) in [6.07, 6.45) is 3.90. The Morgan fingerprint density at radius 3 is 2.42 bits per heavy atom. The van der Waals surface area contributed by atoms with Crippen molar-refractivity contribution in [3.05, 3.63) is 11.6 Å². The van der Waals surface area contributed by atoms with Gasteiger partial charge in [0.2, 0.25) is 0 Å². The van der Waals surface area contributed by atoms with Crippen LogP contribution in [-0.4, -0.2) is 5.78 Å². The number of hydrogen-bond donors (Lipinski definition) is 0. The molecule has 1 rings (SSSR count). The lowest BCUT2D eigenvalue weighted by Gasteiger charge is -2.31. The highest BCUT2D eigenvalue weighted by atomic mass is 16.1. The Morgan fingerprint density at radius 1 is 1.42 bits per heavy atom. The van der Waals surface area contributed by atoms with Crippen LogP contribution in [0.4, 0.5) is 0 Å². The minimum absolute atomic E-state index is 0.271. The second-order valence-electron chi connectivity index (χ2n) is 4.81. The summed E-state index contributed by atoms with van der Waals surface area (Å²) in [7, 11) is 0. The molecule has 0 radical (unpaired) electrons. The van der Waals surface area contributed by atoms with Crippen LogP contribution >= 0.6 is 0 Å². The summed E-state index contributed by atoms with van der Waals surface area (Å²) in [5, 5.41) is 0. The van der Waals surface area contributed by atoms with Crippen LogP contribution in [0.15, 0.2) is 11.6 Å². The minimum atomic E-state index is 0.271. The Balaban J connectivity index is 2.72. The topological polar surface area (TPSA) is 17.1 Å². The fraction of sp³-hybridized carbons (Fsp3) is 0.727. The molecular weight excluding hydrogens is 148 g/mol.